The third-order valence-electron chi connectivity index (χ3n) is 3.18. The zero-order valence-corrected chi connectivity index (χ0v) is 10.4. The Kier molecular flexibility index (Phi) is 2.56. The van der Waals surface area contributed by atoms with Crippen LogP contribution in [0, 0.1) is 0 Å². The minimum Gasteiger partial charge on any atom is -0.366 e. The normalized spacial score (nSPS) is 17.8. The number of carbonyl (C=O) groups excluding carboxylic acids is 1. The van der Waals surface area contributed by atoms with Crippen molar-refractivity contribution in [2.45, 2.75) is 13.0 Å². The maximum atomic E-state index is 11.7. The molecule has 2 heterocycles. The molecule has 0 saturated heterocycles. The second-order valence-electron chi connectivity index (χ2n) is 4.37. The van der Waals surface area contributed by atoms with Gasteiger partial charge in [0, 0.05) is 5.70 Å². The van der Waals surface area contributed by atoms with E-state index < -0.39 is 5.91 Å². The monoisotopic (exact) mass is 255 g/mol. The Labute approximate surface area is 109 Å². The SMILES string of the molecule is CC1=C(C(N)=O)[C@H](c2ccccc2)n2ncnc2N1. The molecule has 1 amide bonds. The molecule has 0 saturated carbocycles. The van der Waals surface area contributed by atoms with Crippen LogP contribution in [0.4, 0.5) is 5.95 Å². The van der Waals surface area contributed by atoms with E-state index in [2.05, 4.69) is 15.4 Å². The summed E-state index contributed by atoms with van der Waals surface area (Å²) in [7, 11) is 0. The summed E-state index contributed by atoms with van der Waals surface area (Å²) >= 11 is 0. The summed E-state index contributed by atoms with van der Waals surface area (Å²) in [4.78, 5) is 15.9. The van der Waals surface area contributed by atoms with Crippen LogP contribution in [-0.4, -0.2) is 20.7 Å². The highest BCUT2D eigenvalue weighted by Gasteiger charge is 2.31. The fourth-order valence-corrected chi connectivity index (χ4v) is 2.35. The van der Waals surface area contributed by atoms with Gasteiger partial charge in [-0.05, 0) is 12.5 Å². The minimum atomic E-state index is -0.458. The Hall–Kier alpha value is -2.63. The molecule has 0 bridgehead atoms. The van der Waals surface area contributed by atoms with Gasteiger partial charge in [0.2, 0.25) is 11.9 Å². The number of carbonyl (C=O) groups is 1. The summed E-state index contributed by atoms with van der Waals surface area (Å²) < 4.78 is 1.67. The number of aromatic nitrogens is 3. The van der Waals surface area contributed by atoms with Crippen LogP contribution in [0.3, 0.4) is 0 Å². The van der Waals surface area contributed by atoms with Gasteiger partial charge in [-0.25, -0.2) is 4.68 Å². The van der Waals surface area contributed by atoms with Gasteiger partial charge in [0.1, 0.15) is 12.4 Å². The molecular formula is C13H13N5O. The Morgan fingerprint density at radius 1 is 1.37 bits per heavy atom. The molecule has 1 aliphatic rings. The van der Waals surface area contributed by atoms with Crippen LogP contribution >= 0.6 is 0 Å². The van der Waals surface area contributed by atoms with E-state index >= 15 is 0 Å². The average molecular weight is 255 g/mol. The first-order chi connectivity index (χ1) is 9.18. The van der Waals surface area contributed by atoms with Gasteiger partial charge < -0.3 is 11.1 Å². The van der Waals surface area contributed by atoms with Crippen molar-refractivity contribution in [3.05, 3.63) is 53.5 Å². The zero-order valence-electron chi connectivity index (χ0n) is 10.4. The molecule has 0 fully saturated rings. The van der Waals surface area contributed by atoms with Gasteiger partial charge in [-0.3, -0.25) is 4.79 Å². The lowest BCUT2D eigenvalue weighted by Gasteiger charge is -2.27. The Morgan fingerprint density at radius 3 is 2.79 bits per heavy atom. The highest BCUT2D eigenvalue weighted by molar-refractivity contribution is 5.95. The number of benzene rings is 1. The first-order valence-electron chi connectivity index (χ1n) is 5.90. The number of fused-ring (bicyclic) bond motifs is 1. The predicted molar refractivity (Wildman–Crippen MR) is 70.1 cm³/mol. The number of hydrogen-bond acceptors (Lipinski definition) is 4. The molecule has 0 unspecified atom stereocenters. The largest absolute Gasteiger partial charge is 0.366 e. The van der Waals surface area contributed by atoms with Crippen molar-refractivity contribution in [1.82, 2.24) is 14.8 Å². The summed E-state index contributed by atoms with van der Waals surface area (Å²) in [6.07, 6.45) is 1.45. The number of nitrogens with one attached hydrogen (secondary N) is 1. The number of hydrogen-bond donors (Lipinski definition) is 2. The smallest absolute Gasteiger partial charge is 0.248 e. The number of nitrogens with two attached hydrogens (primary N) is 1. The second kappa shape index (κ2) is 4.24. The molecule has 1 aromatic heterocycles. The Balaban J connectivity index is 2.21. The molecule has 1 aliphatic heterocycles. The fraction of sp³-hybridized carbons (Fsp3) is 0.154. The van der Waals surface area contributed by atoms with Gasteiger partial charge in [0.15, 0.2) is 0 Å². The lowest BCUT2D eigenvalue weighted by Crippen LogP contribution is -2.31. The van der Waals surface area contributed by atoms with Crippen molar-refractivity contribution in [2.75, 3.05) is 5.32 Å². The van der Waals surface area contributed by atoms with Gasteiger partial charge in [-0.15, -0.1) is 0 Å². The van der Waals surface area contributed by atoms with Crippen molar-refractivity contribution in [3.63, 3.8) is 0 Å². The van der Waals surface area contributed by atoms with Crippen LogP contribution < -0.4 is 11.1 Å². The van der Waals surface area contributed by atoms with E-state index in [1.165, 1.54) is 6.33 Å². The lowest BCUT2D eigenvalue weighted by atomic mass is 9.95. The van der Waals surface area contributed by atoms with Crippen molar-refractivity contribution in [1.29, 1.82) is 0 Å². The summed E-state index contributed by atoms with van der Waals surface area (Å²) in [5.41, 5.74) is 7.67. The van der Waals surface area contributed by atoms with Gasteiger partial charge in [0.05, 0.1) is 5.57 Å². The molecule has 19 heavy (non-hydrogen) atoms. The van der Waals surface area contributed by atoms with Crippen LogP contribution in [-0.2, 0) is 4.79 Å². The van der Waals surface area contributed by atoms with E-state index in [1.807, 2.05) is 37.3 Å². The summed E-state index contributed by atoms with van der Waals surface area (Å²) in [6, 6.07) is 9.31. The quantitative estimate of drug-likeness (QED) is 0.840. The highest BCUT2D eigenvalue weighted by Crippen LogP contribution is 2.33. The molecule has 3 rings (SSSR count). The van der Waals surface area contributed by atoms with Crippen molar-refractivity contribution < 1.29 is 4.79 Å². The van der Waals surface area contributed by atoms with Gasteiger partial charge in [-0.1, -0.05) is 30.3 Å². The molecule has 96 valence electrons. The third-order valence-corrected chi connectivity index (χ3v) is 3.18. The van der Waals surface area contributed by atoms with E-state index in [0.29, 0.717) is 17.2 Å². The topological polar surface area (TPSA) is 85.8 Å². The summed E-state index contributed by atoms with van der Waals surface area (Å²) in [6.45, 7) is 1.81. The van der Waals surface area contributed by atoms with Crippen LogP contribution in [0.25, 0.3) is 0 Å². The first-order valence-corrected chi connectivity index (χ1v) is 5.90. The molecule has 0 radical (unpaired) electrons. The van der Waals surface area contributed by atoms with Gasteiger partial charge >= 0.3 is 0 Å². The molecule has 1 atom stereocenters. The van der Waals surface area contributed by atoms with E-state index in [9.17, 15) is 4.79 Å². The summed E-state index contributed by atoms with van der Waals surface area (Å²) in [5, 5.41) is 7.22. The van der Waals surface area contributed by atoms with Crippen molar-refractivity contribution in [3.8, 4) is 0 Å². The van der Waals surface area contributed by atoms with Gasteiger partial charge in [-0.2, -0.15) is 10.1 Å². The van der Waals surface area contributed by atoms with Crippen molar-refractivity contribution in [2.24, 2.45) is 5.73 Å². The first kappa shape index (κ1) is 11.5. The Morgan fingerprint density at radius 2 is 2.11 bits per heavy atom. The number of rotatable bonds is 2. The van der Waals surface area contributed by atoms with Crippen LogP contribution in [0.15, 0.2) is 47.9 Å². The fourth-order valence-electron chi connectivity index (χ4n) is 2.35. The molecule has 1 aromatic carbocycles. The molecule has 0 aliphatic carbocycles. The van der Waals surface area contributed by atoms with Gasteiger partial charge in [0.25, 0.3) is 0 Å². The highest BCUT2D eigenvalue weighted by atomic mass is 16.1. The zero-order chi connectivity index (χ0) is 13.4. The molecule has 6 nitrogen and oxygen atoms in total. The Bertz CT molecular complexity index is 659. The number of nitrogens with zero attached hydrogens (tertiary/aromatic N) is 3. The molecule has 6 heteroatoms. The van der Waals surface area contributed by atoms with E-state index in [4.69, 9.17) is 5.73 Å². The van der Waals surface area contributed by atoms with Crippen molar-refractivity contribution >= 4 is 11.9 Å². The molecule has 3 N–H and O–H groups in total. The van der Waals surface area contributed by atoms with Crippen LogP contribution in [0.1, 0.15) is 18.5 Å². The lowest BCUT2D eigenvalue weighted by molar-refractivity contribution is -0.115. The second-order valence-corrected chi connectivity index (χ2v) is 4.37. The minimum absolute atomic E-state index is 0.336. The predicted octanol–water partition coefficient (Wildman–Crippen LogP) is 1.05. The number of anilines is 1. The van der Waals surface area contributed by atoms with E-state index in [-0.39, 0.29) is 6.04 Å². The van der Waals surface area contributed by atoms with Crippen LogP contribution in [0.5, 0.6) is 0 Å². The maximum Gasteiger partial charge on any atom is 0.248 e. The number of primary amides is 1. The standard InChI is InChI=1S/C13H13N5O/c1-8-10(12(14)19)11(9-5-3-2-4-6-9)18-13(17-8)15-7-16-18/h2-7,11H,1H3,(H2,14,19)(H,15,16,17)/t11-/m0/s1. The maximum absolute atomic E-state index is 11.7. The molecule has 2 aromatic rings. The van der Waals surface area contributed by atoms with Crippen LogP contribution in [0.2, 0.25) is 0 Å². The molecule has 0 spiro atoms. The third kappa shape index (κ3) is 1.77. The molecular weight excluding hydrogens is 242 g/mol. The number of allylic oxidation sites excluding steroid dienone is 1. The summed E-state index contributed by atoms with van der Waals surface area (Å²) in [5.74, 6) is 0.149. The average Bonchev–Trinajstić information content (AvgIpc) is 2.85. The van der Waals surface area contributed by atoms with E-state index in [0.717, 1.165) is 5.56 Å². The number of amides is 1. The van der Waals surface area contributed by atoms with E-state index in [1.54, 1.807) is 4.68 Å².